The third-order valence-electron chi connectivity index (χ3n) is 5.04. The van der Waals surface area contributed by atoms with E-state index in [0.29, 0.717) is 11.0 Å². The van der Waals surface area contributed by atoms with E-state index in [1.807, 2.05) is 0 Å². The zero-order valence-corrected chi connectivity index (χ0v) is 13.9. The van der Waals surface area contributed by atoms with E-state index in [2.05, 4.69) is 51.9 Å². The molecule has 0 saturated carbocycles. The van der Waals surface area contributed by atoms with Crippen LogP contribution >= 0.6 is 0 Å². The summed E-state index contributed by atoms with van der Waals surface area (Å²) in [5, 5.41) is 3.53. The molecule has 2 bridgehead atoms. The fraction of sp³-hybridized carbons (Fsp3) is 1.00. The smallest absolute Gasteiger partial charge is 0.0164 e. The van der Waals surface area contributed by atoms with Gasteiger partial charge in [-0.1, -0.05) is 27.2 Å². The second-order valence-corrected chi connectivity index (χ2v) is 8.65. The van der Waals surface area contributed by atoms with Gasteiger partial charge in [0.05, 0.1) is 0 Å². The van der Waals surface area contributed by atoms with Gasteiger partial charge >= 0.3 is 0 Å². The zero-order chi connectivity index (χ0) is 14.3. The predicted molar refractivity (Wildman–Crippen MR) is 83.5 cm³/mol. The van der Waals surface area contributed by atoms with Crippen LogP contribution in [0, 0.1) is 5.41 Å². The Kier molecular flexibility index (Phi) is 4.32. The third kappa shape index (κ3) is 3.52. The summed E-state index contributed by atoms with van der Waals surface area (Å²) in [4.78, 5) is 2.90. The number of fused-ring (bicyclic) bond motifs is 2. The first-order valence-corrected chi connectivity index (χ1v) is 8.19. The first kappa shape index (κ1) is 15.3. The van der Waals surface area contributed by atoms with Gasteiger partial charge in [-0.3, -0.25) is 4.90 Å². The number of nitrogens with one attached hydrogen (secondary N) is 1. The van der Waals surface area contributed by atoms with Crippen LogP contribution in [0.15, 0.2) is 0 Å². The van der Waals surface area contributed by atoms with Crippen LogP contribution in [0.25, 0.3) is 0 Å². The summed E-state index contributed by atoms with van der Waals surface area (Å²) < 4.78 is 0. The van der Waals surface area contributed by atoms with E-state index in [4.69, 9.17) is 0 Å². The van der Waals surface area contributed by atoms with E-state index < -0.39 is 0 Å². The summed E-state index contributed by atoms with van der Waals surface area (Å²) in [5.41, 5.74) is 0.754. The summed E-state index contributed by atoms with van der Waals surface area (Å²) in [6, 6.07) is 2.36. The molecule has 2 aliphatic heterocycles. The van der Waals surface area contributed by atoms with Crippen molar-refractivity contribution in [2.45, 2.75) is 96.8 Å². The average molecular weight is 266 g/mol. The lowest BCUT2D eigenvalue weighted by Crippen LogP contribution is -2.63. The second-order valence-electron chi connectivity index (χ2n) is 8.65. The van der Waals surface area contributed by atoms with Crippen molar-refractivity contribution in [3.05, 3.63) is 0 Å². The van der Waals surface area contributed by atoms with Gasteiger partial charge in [0.25, 0.3) is 0 Å². The SMILES string of the molecule is CNC1CC2CCCC(C1)N2C(C)(C)CC(C)(C)C. The summed E-state index contributed by atoms with van der Waals surface area (Å²) in [7, 11) is 2.14. The molecule has 2 unspecified atom stereocenters. The van der Waals surface area contributed by atoms with Crippen molar-refractivity contribution in [3.8, 4) is 0 Å². The van der Waals surface area contributed by atoms with E-state index in [1.165, 1.54) is 38.5 Å². The van der Waals surface area contributed by atoms with Crippen LogP contribution in [0.2, 0.25) is 0 Å². The molecule has 2 rings (SSSR count). The fourth-order valence-electron chi connectivity index (χ4n) is 4.99. The van der Waals surface area contributed by atoms with E-state index in [-0.39, 0.29) is 0 Å². The highest BCUT2D eigenvalue weighted by molar-refractivity contribution is 5.01. The van der Waals surface area contributed by atoms with Gasteiger partial charge in [-0.05, 0) is 58.4 Å². The quantitative estimate of drug-likeness (QED) is 0.835. The van der Waals surface area contributed by atoms with Gasteiger partial charge in [0.2, 0.25) is 0 Å². The Hall–Kier alpha value is -0.0800. The highest BCUT2D eigenvalue weighted by Crippen LogP contribution is 2.42. The molecule has 0 radical (unpaired) electrons. The highest BCUT2D eigenvalue weighted by atomic mass is 15.3. The molecule has 2 aliphatic rings. The maximum Gasteiger partial charge on any atom is 0.0164 e. The molecule has 2 heterocycles. The predicted octanol–water partition coefficient (Wildman–Crippen LogP) is 3.81. The van der Waals surface area contributed by atoms with Crippen LogP contribution in [-0.2, 0) is 0 Å². The largest absolute Gasteiger partial charge is 0.317 e. The summed E-state index contributed by atoms with van der Waals surface area (Å²) in [5.74, 6) is 0. The molecular formula is C17H34N2. The zero-order valence-electron chi connectivity index (χ0n) is 13.9. The average Bonchev–Trinajstić information content (AvgIpc) is 2.23. The molecular weight excluding hydrogens is 232 g/mol. The van der Waals surface area contributed by atoms with Crippen molar-refractivity contribution in [2.24, 2.45) is 5.41 Å². The normalized spacial score (nSPS) is 33.5. The molecule has 0 amide bonds. The van der Waals surface area contributed by atoms with Crippen LogP contribution in [-0.4, -0.2) is 35.6 Å². The van der Waals surface area contributed by atoms with Crippen molar-refractivity contribution >= 4 is 0 Å². The maximum absolute atomic E-state index is 3.53. The number of hydrogen-bond donors (Lipinski definition) is 1. The van der Waals surface area contributed by atoms with E-state index >= 15 is 0 Å². The molecule has 0 aromatic rings. The number of rotatable bonds is 3. The molecule has 0 spiro atoms. The number of hydrogen-bond acceptors (Lipinski definition) is 2. The van der Waals surface area contributed by atoms with Crippen molar-refractivity contribution in [2.75, 3.05) is 7.05 Å². The van der Waals surface area contributed by atoms with Crippen LogP contribution in [0.3, 0.4) is 0 Å². The topological polar surface area (TPSA) is 15.3 Å². The molecule has 2 nitrogen and oxygen atoms in total. The number of piperidine rings is 2. The van der Waals surface area contributed by atoms with Crippen LogP contribution < -0.4 is 5.32 Å². The Morgan fingerprint density at radius 1 is 1.00 bits per heavy atom. The minimum Gasteiger partial charge on any atom is -0.317 e. The van der Waals surface area contributed by atoms with Gasteiger partial charge < -0.3 is 5.32 Å². The lowest BCUT2D eigenvalue weighted by atomic mass is 9.74. The molecule has 19 heavy (non-hydrogen) atoms. The molecule has 2 atom stereocenters. The van der Waals surface area contributed by atoms with E-state index in [9.17, 15) is 0 Å². The first-order valence-electron chi connectivity index (χ1n) is 8.19. The second kappa shape index (κ2) is 5.37. The van der Waals surface area contributed by atoms with Gasteiger partial charge in [-0.2, -0.15) is 0 Å². The molecule has 2 heteroatoms. The Bertz CT molecular complexity index is 289. The van der Waals surface area contributed by atoms with E-state index in [0.717, 1.165) is 18.1 Å². The van der Waals surface area contributed by atoms with Crippen molar-refractivity contribution in [3.63, 3.8) is 0 Å². The molecule has 0 aliphatic carbocycles. The fourth-order valence-corrected chi connectivity index (χ4v) is 4.99. The molecule has 0 aromatic carbocycles. The molecule has 112 valence electrons. The Morgan fingerprint density at radius 3 is 1.95 bits per heavy atom. The van der Waals surface area contributed by atoms with Gasteiger partial charge in [-0.15, -0.1) is 0 Å². The lowest BCUT2D eigenvalue weighted by molar-refractivity contribution is -0.0617. The van der Waals surface area contributed by atoms with Crippen LogP contribution in [0.5, 0.6) is 0 Å². The lowest BCUT2D eigenvalue weighted by Gasteiger charge is -2.57. The summed E-state index contributed by atoms with van der Waals surface area (Å²) >= 11 is 0. The van der Waals surface area contributed by atoms with Crippen LogP contribution in [0.1, 0.15) is 73.1 Å². The van der Waals surface area contributed by atoms with Gasteiger partial charge in [0.15, 0.2) is 0 Å². The Balaban J connectivity index is 2.15. The first-order chi connectivity index (χ1) is 8.73. The number of nitrogens with zero attached hydrogens (tertiary/aromatic N) is 1. The molecule has 0 aromatic heterocycles. The monoisotopic (exact) mass is 266 g/mol. The van der Waals surface area contributed by atoms with Crippen molar-refractivity contribution in [1.29, 1.82) is 0 Å². The van der Waals surface area contributed by atoms with E-state index in [1.54, 1.807) is 0 Å². The van der Waals surface area contributed by atoms with Crippen LogP contribution in [0.4, 0.5) is 0 Å². The minimum absolute atomic E-state index is 0.340. The third-order valence-corrected chi connectivity index (χ3v) is 5.04. The minimum atomic E-state index is 0.340. The maximum atomic E-state index is 3.53. The molecule has 2 saturated heterocycles. The standard InChI is InChI=1S/C17H34N2/c1-16(2,3)12-17(4,5)19-14-8-7-9-15(19)11-13(10-14)18-6/h13-15,18H,7-12H2,1-6H3. The molecule has 1 N–H and O–H groups in total. The Labute approximate surface area is 120 Å². The Morgan fingerprint density at radius 2 is 1.53 bits per heavy atom. The van der Waals surface area contributed by atoms with Gasteiger partial charge in [-0.25, -0.2) is 0 Å². The van der Waals surface area contributed by atoms with Crippen molar-refractivity contribution in [1.82, 2.24) is 10.2 Å². The molecule has 2 fully saturated rings. The van der Waals surface area contributed by atoms with Gasteiger partial charge in [0, 0.05) is 23.7 Å². The van der Waals surface area contributed by atoms with Gasteiger partial charge in [0.1, 0.15) is 0 Å². The summed E-state index contributed by atoms with van der Waals surface area (Å²) in [6.07, 6.45) is 8.23. The highest BCUT2D eigenvalue weighted by Gasteiger charge is 2.45. The van der Waals surface area contributed by atoms with Crippen molar-refractivity contribution < 1.29 is 0 Å². The summed E-state index contributed by atoms with van der Waals surface area (Å²) in [6.45, 7) is 12.1.